The van der Waals surface area contributed by atoms with Crippen LogP contribution in [0, 0.1) is 7.05 Å². The van der Waals surface area contributed by atoms with Crippen LogP contribution in [0.1, 0.15) is 0 Å². The molecule has 0 heterocycles. The predicted octanol–water partition coefficient (Wildman–Crippen LogP) is -0.630. The smallest absolute Gasteiger partial charge is 0.160 e. The molecule has 0 aromatic rings. The number of nitrogens with one attached hydrogen (secondary N) is 1. The van der Waals surface area contributed by atoms with E-state index < -0.39 is 9.84 Å². The van der Waals surface area contributed by atoms with E-state index in [9.17, 15) is 8.42 Å². The summed E-state index contributed by atoms with van der Waals surface area (Å²) in [5.41, 5.74) is 0. The molecule has 0 aliphatic rings. The summed E-state index contributed by atoms with van der Waals surface area (Å²) in [5, 5.41) is 2.27. The molecule has 0 saturated heterocycles. The van der Waals surface area contributed by atoms with Crippen LogP contribution in [-0.4, -0.2) is 20.6 Å². The van der Waals surface area contributed by atoms with Crippen LogP contribution in [0.25, 0.3) is 0 Å². The highest BCUT2D eigenvalue weighted by Gasteiger charge is 1.94. The van der Waals surface area contributed by atoms with Gasteiger partial charge in [0, 0.05) is 13.3 Å². The second-order valence-corrected chi connectivity index (χ2v) is 3.46. The molecule has 3 nitrogen and oxygen atoms in total. The Balaban J connectivity index is 3.60. The zero-order valence-corrected chi connectivity index (χ0v) is 4.96. The Labute approximate surface area is 43.6 Å². The van der Waals surface area contributed by atoms with Crippen LogP contribution in [0.5, 0.6) is 0 Å². The first kappa shape index (κ1) is 6.91. The van der Waals surface area contributed by atoms with E-state index in [0.717, 1.165) is 6.26 Å². The third kappa shape index (κ3) is 5.91. The second-order valence-electron chi connectivity index (χ2n) is 1.32. The van der Waals surface area contributed by atoms with Gasteiger partial charge in [0.15, 0.2) is 9.84 Å². The van der Waals surface area contributed by atoms with E-state index >= 15 is 0 Å². The number of hydrogen-bond donors (Lipinski definition) is 1. The molecule has 0 saturated carbocycles. The maximum absolute atomic E-state index is 10.1. The van der Waals surface area contributed by atoms with Crippen LogP contribution in [0.3, 0.4) is 0 Å². The molecule has 0 aromatic heterocycles. The predicted molar refractivity (Wildman–Crippen MR) is 28.2 cm³/mol. The molecule has 0 fully saturated rings. The molecule has 0 amide bonds. The summed E-state index contributed by atoms with van der Waals surface area (Å²) in [6.45, 7) is 0. The van der Waals surface area contributed by atoms with E-state index in [4.69, 9.17) is 0 Å². The summed E-state index contributed by atoms with van der Waals surface area (Å²) < 4.78 is 20.3. The van der Waals surface area contributed by atoms with Gasteiger partial charge in [-0.2, -0.15) is 0 Å². The number of hydrogen-bond acceptors (Lipinski definition) is 3. The lowest BCUT2D eigenvalue weighted by atomic mass is 11.3. The highest BCUT2D eigenvalue weighted by atomic mass is 32.2. The van der Waals surface area contributed by atoms with Crippen molar-refractivity contribution in [2.24, 2.45) is 0 Å². The molecular formula is C3H8NO2S. The Morgan fingerprint density at radius 3 is 2.14 bits per heavy atom. The Morgan fingerprint density at radius 2 is 2.14 bits per heavy atom. The van der Waals surface area contributed by atoms with E-state index in [-0.39, 0.29) is 5.88 Å². The van der Waals surface area contributed by atoms with Gasteiger partial charge in [-0.25, -0.2) is 8.42 Å². The lowest BCUT2D eigenvalue weighted by Crippen LogP contribution is -2.14. The van der Waals surface area contributed by atoms with Gasteiger partial charge >= 0.3 is 0 Å². The molecule has 0 aliphatic heterocycles. The average Bonchev–Trinajstić information content (AvgIpc) is 1.30. The molecule has 1 radical (unpaired) electrons. The van der Waals surface area contributed by atoms with Crippen LogP contribution in [0.4, 0.5) is 0 Å². The van der Waals surface area contributed by atoms with Gasteiger partial charge in [0.2, 0.25) is 0 Å². The fraction of sp³-hybridized carbons (Fsp3) is 0.667. The molecule has 0 bridgehead atoms. The van der Waals surface area contributed by atoms with Gasteiger partial charge in [0.25, 0.3) is 0 Å². The van der Waals surface area contributed by atoms with Crippen molar-refractivity contribution in [2.75, 3.05) is 12.1 Å². The third-order valence-electron chi connectivity index (χ3n) is 0.364. The first-order chi connectivity index (χ1) is 3.06. The Hall–Kier alpha value is -0.0900. The van der Waals surface area contributed by atoms with Crippen LogP contribution >= 0.6 is 0 Å². The van der Waals surface area contributed by atoms with Crippen molar-refractivity contribution in [1.29, 1.82) is 0 Å². The second kappa shape index (κ2) is 2.28. The fourth-order valence-electron chi connectivity index (χ4n) is 0.185. The molecule has 1 N–H and O–H groups in total. The molecule has 0 aliphatic carbocycles. The van der Waals surface area contributed by atoms with Crippen molar-refractivity contribution < 1.29 is 8.42 Å². The zero-order valence-electron chi connectivity index (χ0n) is 4.14. The number of rotatable bonds is 2. The molecule has 0 rings (SSSR count). The minimum Gasteiger partial charge on any atom is -0.302 e. The highest BCUT2D eigenvalue weighted by Crippen LogP contribution is 1.73. The topological polar surface area (TPSA) is 46.2 Å². The molecule has 7 heavy (non-hydrogen) atoms. The molecule has 0 atom stereocenters. The zero-order chi connectivity index (χ0) is 5.91. The maximum atomic E-state index is 10.1. The Morgan fingerprint density at radius 1 is 1.71 bits per heavy atom. The minimum atomic E-state index is -2.85. The third-order valence-corrected chi connectivity index (χ3v) is 1.09. The summed E-state index contributed by atoms with van der Waals surface area (Å²) in [7, 11) is 0.294. The molecule has 43 valence electrons. The van der Waals surface area contributed by atoms with Crippen LogP contribution in [-0.2, 0) is 9.84 Å². The van der Waals surface area contributed by atoms with Crippen molar-refractivity contribution in [1.82, 2.24) is 5.32 Å². The van der Waals surface area contributed by atoms with E-state index in [1.54, 1.807) is 0 Å². The summed E-state index contributed by atoms with van der Waals surface area (Å²) >= 11 is 0. The first-order valence-corrected chi connectivity index (χ1v) is 3.80. The lowest BCUT2D eigenvalue weighted by Gasteiger charge is -1.90. The van der Waals surface area contributed by atoms with E-state index in [0.29, 0.717) is 0 Å². The van der Waals surface area contributed by atoms with Crippen molar-refractivity contribution in [3.63, 3.8) is 0 Å². The lowest BCUT2D eigenvalue weighted by molar-refractivity contribution is 0.598. The average molecular weight is 122 g/mol. The molecule has 0 spiro atoms. The normalized spacial score (nSPS) is 11.7. The van der Waals surface area contributed by atoms with Gasteiger partial charge in [-0.3, -0.25) is 0 Å². The summed E-state index contributed by atoms with van der Waals surface area (Å²) in [6, 6.07) is 0. The largest absolute Gasteiger partial charge is 0.302 e. The van der Waals surface area contributed by atoms with E-state index in [2.05, 4.69) is 12.4 Å². The van der Waals surface area contributed by atoms with Gasteiger partial charge in [0.05, 0.1) is 5.88 Å². The highest BCUT2D eigenvalue weighted by molar-refractivity contribution is 7.90. The summed E-state index contributed by atoms with van der Waals surface area (Å²) in [4.78, 5) is 0. The summed E-state index contributed by atoms with van der Waals surface area (Å²) in [5.74, 6) is -0.0486. The van der Waals surface area contributed by atoms with Crippen LogP contribution in [0.15, 0.2) is 0 Å². The Kier molecular flexibility index (Phi) is 2.25. The molecule has 0 aromatic carbocycles. The number of sulfone groups is 1. The molecule has 0 unspecified atom stereocenters. The molecular weight excluding hydrogens is 114 g/mol. The monoisotopic (exact) mass is 122 g/mol. The first-order valence-electron chi connectivity index (χ1n) is 1.74. The van der Waals surface area contributed by atoms with Gasteiger partial charge in [-0.15, -0.1) is 0 Å². The quantitative estimate of drug-likeness (QED) is 0.530. The van der Waals surface area contributed by atoms with E-state index in [1.807, 2.05) is 0 Å². The van der Waals surface area contributed by atoms with Gasteiger partial charge in [-0.1, -0.05) is 0 Å². The van der Waals surface area contributed by atoms with E-state index in [1.165, 1.54) is 0 Å². The van der Waals surface area contributed by atoms with Gasteiger partial charge in [0.1, 0.15) is 0 Å². The fourth-order valence-corrected chi connectivity index (χ4v) is 0.556. The van der Waals surface area contributed by atoms with Crippen LogP contribution in [0.2, 0.25) is 0 Å². The van der Waals surface area contributed by atoms with Crippen molar-refractivity contribution in [3.8, 4) is 0 Å². The molecule has 4 heteroatoms. The minimum absolute atomic E-state index is 0.0486. The SMILES string of the molecule is [CH2]NCS(C)(=O)=O. The standard InChI is InChI=1S/C3H8NO2S/c1-4-3-7(2,5)6/h4H,1,3H2,2H3. The van der Waals surface area contributed by atoms with Crippen molar-refractivity contribution in [2.45, 2.75) is 0 Å². The van der Waals surface area contributed by atoms with Gasteiger partial charge in [-0.05, 0) is 0 Å². The van der Waals surface area contributed by atoms with Crippen molar-refractivity contribution >= 4 is 9.84 Å². The van der Waals surface area contributed by atoms with Crippen LogP contribution < -0.4 is 5.32 Å². The maximum Gasteiger partial charge on any atom is 0.160 e. The van der Waals surface area contributed by atoms with Crippen molar-refractivity contribution in [3.05, 3.63) is 7.05 Å². The van der Waals surface area contributed by atoms with Gasteiger partial charge < -0.3 is 5.32 Å². The Bertz CT molecular complexity index is 126. The summed E-state index contributed by atoms with van der Waals surface area (Å²) in [6.07, 6.45) is 1.14.